The summed E-state index contributed by atoms with van der Waals surface area (Å²) in [4.78, 5) is 0. The minimum atomic E-state index is -3.30. The van der Waals surface area contributed by atoms with Crippen molar-refractivity contribution >= 4 is 15.7 Å². The Kier molecular flexibility index (Phi) is 6.19. The van der Waals surface area contributed by atoms with Crippen molar-refractivity contribution in [3.05, 3.63) is 60.2 Å². The number of anilines is 1. The van der Waals surface area contributed by atoms with Crippen LogP contribution in [0.4, 0.5) is 5.69 Å². The predicted molar refractivity (Wildman–Crippen MR) is 94.4 cm³/mol. The third-order valence-electron chi connectivity index (χ3n) is 3.25. The predicted octanol–water partition coefficient (Wildman–Crippen LogP) is 2.11. The highest BCUT2D eigenvalue weighted by molar-refractivity contribution is 7.92. The molecule has 0 aliphatic carbocycles. The number of sulfonamides is 1. The summed E-state index contributed by atoms with van der Waals surface area (Å²) < 4.78 is 30.4. The number of nitrogens with one attached hydrogen (secondary N) is 2. The first-order chi connectivity index (χ1) is 11.3. The van der Waals surface area contributed by atoms with Crippen molar-refractivity contribution in [1.29, 1.82) is 0 Å². The Morgan fingerprint density at radius 1 is 1.08 bits per heavy atom. The van der Waals surface area contributed by atoms with Crippen molar-refractivity contribution < 1.29 is 18.3 Å². The number of hydrogen-bond donors (Lipinski definition) is 3. The minimum absolute atomic E-state index is 0.256. The molecule has 0 spiro atoms. The van der Waals surface area contributed by atoms with E-state index >= 15 is 0 Å². The number of para-hydroxylation sites is 1. The highest BCUT2D eigenvalue weighted by Crippen LogP contribution is 2.17. The highest BCUT2D eigenvalue weighted by Gasteiger charge is 2.11. The van der Waals surface area contributed by atoms with E-state index in [2.05, 4.69) is 10.0 Å². The van der Waals surface area contributed by atoms with Crippen molar-refractivity contribution in [3.63, 3.8) is 0 Å². The fourth-order valence-electron chi connectivity index (χ4n) is 2.13. The Morgan fingerprint density at radius 2 is 1.71 bits per heavy atom. The van der Waals surface area contributed by atoms with Gasteiger partial charge in [0.25, 0.3) is 0 Å². The summed E-state index contributed by atoms with van der Waals surface area (Å²) in [5.74, 6) is 0.753. The first-order valence-electron chi connectivity index (χ1n) is 7.54. The summed E-state index contributed by atoms with van der Waals surface area (Å²) in [5, 5.41) is 13.3. The van der Waals surface area contributed by atoms with Crippen LogP contribution in [-0.2, 0) is 10.0 Å². The molecule has 130 valence electrons. The van der Waals surface area contributed by atoms with Crippen molar-refractivity contribution in [2.45, 2.75) is 19.3 Å². The SMILES string of the molecule is CC(NCC(O)c1ccc(NS(C)(=O)=O)cc1)Oc1ccccc1. The molecule has 0 bridgehead atoms. The van der Waals surface area contributed by atoms with E-state index < -0.39 is 16.1 Å². The number of hydrogen-bond acceptors (Lipinski definition) is 5. The van der Waals surface area contributed by atoms with E-state index in [0.717, 1.165) is 12.0 Å². The van der Waals surface area contributed by atoms with Gasteiger partial charge < -0.3 is 9.84 Å². The van der Waals surface area contributed by atoms with E-state index in [0.29, 0.717) is 17.8 Å². The second kappa shape index (κ2) is 8.14. The Morgan fingerprint density at radius 3 is 2.29 bits per heavy atom. The van der Waals surface area contributed by atoms with Crippen LogP contribution in [0.2, 0.25) is 0 Å². The number of aliphatic hydroxyl groups is 1. The van der Waals surface area contributed by atoms with Gasteiger partial charge in [-0.3, -0.25) is 10.0 Å². The maximum Gasteiger partial charge on any atom is 0.229 e. The van der Waals surface area contributed by atoms with Crippen LogP contribution >= 0.6 is 0 Å². The lowest BCUT2D eigenvalue weighted by Gasteiger charge is -2.19. The summed E-state index contributed by atoms with van der Waals surface area (Å²) in [5.41, 5.74) is 1.15. The molecule has 2 unspecified atom stereocenters. The lowest BCUT2D eigenvalue weighted by atomic mass is 10.1. The van der Waals surface area contributed by atoms with E-state index in [4.69, 9.17) is 4.74 Å². The van der Waals surface area contributed by atoms with E-state index in [1.54, 1.807) is 24.3 Å². The number of aliphatic hydroxyl groups excluding tert-OH is 1. The average molecular weight is 350 g/mol. The molecule has 2 rings (SSSR count). The van der Waals surface area contributed by atoms with Crippen LogP contribution in [-0.4, -0.2) is 32.6 Å². The van der Waals surface area contributed by atoms with E-state index in [1.165, 1.54) is 0 Å². The smallest absolute Gasteiger partial charge is 0.229 e. The van der Waals surface area contributed by atoms with Crippen LogP contribution in [0.5, 0.6) is 5.75 Å². The molecule has 6 nitrogen and oxygen atoms in total. The van der Waals surface area contributed by atoms with Gasteiger partial charge in [-0.1, -0.05) is 30.3 Å². The zero-order valence-corrected chi connectivity index (χ0v) is 14.5. The van der Waals surface area contributed by atoms with Gasteiger partial charge in [-0.05, 0) is 36.8 Å². The van der Waals surface area contributed by atoms with Crippen LogP contribution < -0.4 is 14.8 Å². The van der Waals surface area contributed by atoms with Crippen molar-refractivity contribution in [2.75, 3.05) is 17.5 Å². The zero-order valence-electron chi connectivity index (χ0n) is 13.6. The first-order valence-corrected chi connectivity index (χ1v) is 9.43. The summed E-state index contributed by atoms with van der Waals surface area (Å²) in [6.45, 7) is 2.17. The average Bonchev–Trinajstić information content (AvgIpc) is 2.53. The quantitative estimate of drug-likeness (QED) is 0.635. The van der Waals surface area contributed by atoms with Gasteiger partial charge in [0.1, 0.15) is 12.0 Å². The van der Waals surface area contributed by atoms with Gasteiger partial charge >= 0.3 is 0 Å². The Hall–Kier alpha value is -2.09. The molecule has 0 saturated carbocycles. The van der Waals surface area contributed by atoms with Gasteiger partial charge in [-0.15, -0.1) is 0 Å². The number of benzene rings is 2. The molecule has 0 aromatic heterocycles. The van der Waals surface area contributed by atoms with Gasteiger partial charge in [0.05, 0.1) is 12.4 Å². The van der Waals surface area contributed by atoms with Crippen LogP contribution in [0.15, 0.2) is 54.6 Å². The molecule has 2 aromatic rings. The van der Waals surface area contributed by atoms with Gasteiger partial charge in [0.2, 0.25) is 10.0 Å². The molecule has 0 amide bonds. The third-order valence-corrected chi connectivity index (χ3v) is 3.86. The molecule has 0 radical (unpaired) electrons. The molecule has 0 saturated heterocycles. The fourth-order valence-corrected chi connectivity index (χ4v) is 2.69. The maximum absolute atomic E-state index is 11.2. The molecule has 3 N–H and O–H groups in total. The monoisotopic (exact) mass is 350 g/mol. The highest BCUT2D eigenvalue weighted by atomic mass is 32.2. The van der Waals surface area contributed by atoms with Gasteiger partial charge in [0.15, 0.2) is 0 Å². The molecule has 7 heteroatoms. The van der Waals surface area contributed by atoms with Gasteiger partial charge in [0, 0.05) is 12.2 Å². The molecule has 0 heterocycles. The lowest BCUT2D eigenvalue weighted by Crippen LogP contribution is -2.34. The van der Waals surface area contributed by atoms with Gasteiger partial charge in [-0.25, -0.2) is 8.42 Å². The first kappa shape index (κ1) is 18.3. The Bertz CT molecular complexity index is 733. The van der Waals surface area contributed by atoms with Gasteiger partial charge in [-0.2, -0.15) is 0 Å². The zero-order chi connectivity index (χ0) is 17.6. The molecule has 24 heavy (non-hydrogen) atoms. The van der Waals surface area contributed by atoms with E-state index in [-0.39, 0.29) is 6.23 Å². The minimum Gasteiger partial charge on any atom is -0.476 e. The molecular weight excluding hydrogens is 328 g/mol. The fraction of sp³-hybridized carbons (Fsp3) is 0.294. The lowest BCUT2D eigenvalue weighted by molar-refractivity contribution is 0.128. The Balaban J connectivity index is 1.84. The standard InChI is InChI=1S/C17H22N2O4S/c1-13(23-16-6-4-3-5-7-16)18-12-17(20)14-8-10-15(11-9-14)19-24(2,21)22/h3-11,13,17-20H,12H2,1-2H3. The van der Waals surface area contributed by atoms with Crippen molar-refractivity contribution in [1.82, 2.24) is 5.32 Å². The molecular formula is C17H22N2O4S. The molecule has 0 fully saturated rings. The summed E-state index contributed by atoms with van der Waals surface area (Å²) >= 11 is 0. The maximum atomic E-state index is 11.2. The topological polar surface area (TPSA) is 87.7 Å². The summed E-state index contributed by atoms with van der Waals surface area (Å²) in [6.07, 6.45) is 0.112. The van der Waals surface area contributed by atoms with E-state index in [9.17, 15) is 13.5 Å². The summed E-state index contributed by atoms with van der Waals surface area (Å²) in [7, 11) is -3.30. The molecule has 2 atom stereocenters. The molecule has 0 aliphatic heterocycles. The largest absolute Gasteiger partial charge is 0.476 e. The van der Waals surface area contributed by atoms with Crippen LogP contribution in [0.3, 0.4) is 0 Å². The second-order valence-corrected chi connectivity index (χ2v) is 7.24. The van der Waals surface area contributed by atoms with Crippen molar-refractivity contribution in [2.24, 2.45) is 0 Å². The van der Waals surface area contributed by atoms with Crippen LogP contribution in [0.25, 0.3) is 0 Å². The number of ether oxygens (including phenoxy) is 1. The van der Waals surface area contributed by atoms with Crippen LogP contribution in [0, 0.1) is 0 Å². The summed E-state index contributed by atoms with van der Waals surface area (Å²) in [6, 6.07) is 16.0. The number of rotatable bonds is 8. The van der Waals surface area contributed by atoms with Crippen molar-refractivity contribution in [3.8, 4) is 5.75 Å². The second-order valence-electron chi connectivity index (χ2n) is 5.49. The van der Waals surface area contributed by atoms with Crippen LogP contribution in [0.1, 0.15) is 18.6 Å². The molecule has 0 aliphatic rings. The van der Waals surface area contributed by atoms with E-state index in [1.807, 2.05) is 37.3 Å². The molecule has 2 aromatic carbocycles. The third kappa shape index (κ3) is 6.19. The Labute approximate surface area is 142 Å². The normalized spacial score (nSPS) is 14.0.